The maximum absolute atomic E-state index is 14.3. The largest absolute Gasteiger partial charge is 0.384 e. The highest BCUT2D eigenvalue weighted by molar-refractivity contribution is 6.25. The summed E-state index contributed by atoms with van der Waals surface area (Å²) in [5, 5.41) is 16.8. The van der Waals surface area contributed by atoms with Gasteiger partial charge in [0.15, 0.2) is 11.3 Å². The number of carbonyl (C=O) groups is 5. The van der Waals surface area contributed by atoms with E-state index in [9.17, 15) is 32.8 Å². The Morgan fingerprint density at radius 1 is 0.954 bits per heavy atom. The Bertz CT molecular complexity index is 2490. The number of hydrogen-bond acceptors (Lipinski definition) is 13. The number of nitrogens with zero attached hydrogens (tertiary/aromatic N) is 8. The van der Waals surface area contributed by atoms with Crippen LogP contribution in [0.4, 0.5) is 26.0 Å². The fourth-order valence-corrected chi connectivity index (χ4v) is 10.5. The number of nitrogens with one attached hydrogen (secondary N) is 3. The lowest BCUT2D eigenvalue weighted by Crippen LogP contribution is -2.54. The molecule has 8 heterocycles. The highest BCUT2D eigenvalue weighted by atomic mass is 19.3. The average molecular weight is 898 g/mol. The van der Waals surface area contributed by atoms with Gasteiger partial charge in [-0.15, -0.1) is 0 Å². The van der Waals surface area contributed by atoms with Gasteiger partial charge >= 0.3 is 0 Å². The van der Waals surface area contributed by atoms with Crippen molar-refractivity contribution in [1.82, 2.24) is 39.5 Å². The Morgan fingerprint density at radius 3 is 2.60 bits per heavy atom. The number of morpholine rings is 2. The van der Waals surface area contributed by atoms with Gasteiger partial charge in [-0.3, -0.25) is 43.8 Å². The molecular formula is C45H53F2N11O7. The van der Waals surface area contributed by atoms with Crippen LogP contribution in [0.15, 0.2) is 42.9 Å². The Balaban J connectivity index is 0.665. The summed E-state index contributed by atoms with van der Waals surface area (Å²) in [5.74, 6) is -1.48. The van der Waals surface area contributed by atoms with Crippen LogP contribution in [0.2, 0.25) is 0 Å². The summed E-state index contributed by atoms with van der Waals surface area (Å²) >= 11 is 0. The van der Waals surface area contributed by atoms with Crippen LogP contribution >= 0.6 is 0 Å². The molecule has 1 unspecified atom stereocenters. The topological polar surface area (TPSA) is 198 Å². The third kappa shape index (κ3) is 8.70. The Morgan fingerprint density at radius 2 is 1.82 bits per heavy atom. The number of aromatic nitrogens is 5. The van der Waals surface area contributed by atoms with E-state index in [1.54, 1.807) is 29.1 Å². The lowest BCUT2D eigenvalue weighted by molar-refractivity contribution is -0.136. The van der Waals surface area contributed by atoms with Crippen LogP contribution in [0, 0.1) is 5.92 Å². The molecule has 5 amide bonds. The first-order valence-corrected chi connectivity index (χ1v) is 22.9. The number of fused-ring (bicyclic) bond motifs is 4. The summed E-state index contributed by atoms with van der Waals surface area (Å²) in [6.07, 6.45) is 10.4. The van der Waals surface area contributed by atoms with Crippen molar-refractivity contribution < 1.29 is 42.2 Å². The first kappa shape index (κ1) is 43.1. The first-order valence-electron chi connectivity index (χ1n) is 22.9. The molecule has 10 rings (SSSR count). The van der Waals surface area contributed by atoms with E-state index >= 15 is 0 Å². The zero-order valence-corrected chi connectivity index (χ0v) is 36.0. The molecule has 4 aromatic rings. The molecule has 20 heteroatoms. The van der Waals surface area contributed by atoms with Crippen LogP contribution in [0.5, 0.6) is 0 Å². The molecule has 18 nitrogen and oxygen atoms in total. The molecule has 0 radical (unpaired) electrons. The minimum absolute atomic E-state index is 0.0131. The molecule has 344 valence electrons. The molecule has 1 aliphatic carbocycles. The number of amides is 5. The summed E-state index contributed by atoms with van der Waals surface area (Å²) < 4.78 is 43.6. The highest BCUT2D eigenvalue weighted by Crippen LogP contribution is 2.37. The van der Waals surface area contributed by atoms with Crippen LogP contribution in [0.1, 0.15) is 120 Å². The fourth-order valence-electron chi connectivity index (χ4n) is 10.5. The molecule has 1 saturated carbocycles. The molecule has 3 aromatic heterocycles. The number of benzene rings is 1. The number of piperidine rings is 1. The van der Waals surface area contributed by atoms with Crippen molar-refractivity contribution in [3.05, 3.63) is 65.2 Å². The van der Waals surface area contributed by atoms with Gasteiger partial charge in [-0.1, -0.05) is 18.9 Å². The van der Waals surface area contributed by atoms with Crippen molar-refractivity contribution in [2.45, 2.75) is 107 Å². The summed E-state index contributed by atoms with van der Waals surface area (Å²) in [6, 6.07) is 6.11. The smallest absolute Gasteiger partial charge is 0.284 e. The molecule has 65 heavy (non-hydrogen) atoms. The van der Waals surface area contributed by atoms with Gasteiger partial charge in [0.2, 0.25) is 11.8 Å². The third-order valence-corrected chi connectivity index (χ3v) is 13.9. The number of halogens is 2. The maximum atomic E-state index is 14.3. The maximum Gasteiger partial charge on any atom is 0.284 e. The van der Waals surface area contributed by atoms with Crippen LogP contribution in [0.25, 0.3) is 5.65 Å². The molecule has 4 atom stereocenters. The number of carbonyl (C=O) groups excluding carboxylic acids is 5. The first-order chi connectivity index (χ1) is 31.6. The number of anilines is 3. The van der Waals surface area contributed by atoms with E-state index < -0.39 is 47.7 Å². The molecule has 3 N–H and O–H groups in total. The van der Waals surface area contributed by atoms with Gasteiger partial charge < -0.3 is 25.0 Å². The highest BCUT2D eigenvalue weighted by Gasteiger charge is 2.46. The van der Waals surface area contributed by atoms with Gasteiger partial charge in [0, 0.05) is 57.2 Å². The van der Waals surface area contributed by atoms with Crippen molar-refractivity contribution in [3.8, 4) is 0 Å². The lowest BCUT2D eigenvalue weighted by atomic mass is 9.85. The molecule has 2 bridgehead atoms. The minimum atomic E-state index is -2.87. The van der Waals surface area contributed by atoms with Crippen molar-refractivity contribution in [2.24, 2.45) is 5.92 Å². The van der Waals surface area contributed by atoms with Crippen LogP contribution < -0.4 is 20.9 Å². The van der Waals surface area contributed by atoms with Gasteiger partial charge in [-0.2, -0.15) is 10.2 Å². The summed E-state index contributed by atoms with van der Waals surface area (Å²) in [4.78, 5) is 74.6. The van der Waals surface area contributed by atoms with Crippen molar-refractivity contribution >= 4 is 52.4 Å². The Kier molecular flexibility index (Phi) is 12.1. The third-order valence-electron chi connectivity index (χ3n) is 13.9. The van der Waals surface area contributed by atoms with E-state index in [2.05, 4.69) is 35.9 Å². The monoisotopic (exact) mass is 897 g/mol. The molecule has 4 saturated heterocycles. The van der Waals surface area contributed by atoms with Gasteiger partial charge in [0.25, 0.3) is 24.1 Å². The van der Waals surface area contributed by atoms with Gasteiger partial charge in [0.05, 0.1) is 60.5 Å². The van der Waals surface area contributed by atoms with E-state index in [0.29, 0.717) is 37.0 Å². The van der Waals surface area contributed by atoms with E-state index in [1.165, 1.54) is 16.9 Å². The van der Waals surface area contributed by atoms with E-state index in [4.69, 9.17) is 14.5 Å². The Labute approximate surface area is 373 Å². The number of ether oxygens (including phenoxy) is 2. The van der Waals surface area contributed by atoms with E-state index in [-0.39, 0.29) is 59.5 Å². The quantitative estimate of drug-likeness (QED) is 0.111. The zero-order chi connectivity index (χ0) is 44.8. The van der Waals surface area contributed by atoms with Crippen LogP contribution in [0.3, 0.4) is 0 Å². The molecule has 6 aliphatic rings. The molecule has 5 aliphatic heterocycles. The second-order valence-corrected chi connectivity index (χ2v) is 18.2. The van der Waals surface area contributed by atoms with Crippen molar-refractivity contribution in [1.29, 1.82) is 0 Å². The van der Waals surface area contributed by atoms with Crippen LogP contribution in [-0.4, -0.2) is 134 Å². The van der Waals surface area contributed by atoms with Crippen molar-refractivity contribution in [2.75, 3.05) is 61.5 Å². The lowest BCUT2D eigenvalue weighted by Gasteiger charge is -2.37. The fraction of sp³-hybridized carbons (Fsp3) is 0.556. The molecule has 1 aromatic carbocycles. The molecule has 0 spiro atoms. The predicted octanol–water partition coefficient (Wildman–Crippen LogP) is 4.60. The van der Waals surface area contributed by atoms with E-state index in [1.807, 2.05) is 6.07 Å². The Hall–Kier alpha value is -5.86. The molecule has 5 fully saturated rings. The van der Waals surface area contributed by atoms with Gasteiger partial charge in [-0.25, -0.2) is 18.3 Å². The molecular weight excluding hydrogens is 845 g/mol. The average Bonchev–Trinajstić information content (AvgIpc) is 4.15. The van der Waals surface area contributed by atoms with Crippen molar-refractivity contribution in [3.63, 3.8) is 0 Å². The minimum Gasteiger partial charge on any atom is -0.384 e. The normalized spacial score (nSPS) is 25.8. The SMILES string of the molecule is O=C1CCC(N2C(=O)c3cccc(NCCCCC[C@@H]4CN(C[C@H]5CC[C@H](n6cc(NC(=O)c7cnn8ccc(N9C[C@H]%10C[C@@H]9CO%10)nc78)c(C(F)F)n6)CC5)CCO4)c3C2=O)C(=O)N1. The van der Waals surface area contributed by atoms with Crippen LogP contribution in [-0.2, 0) is 19.1 Å². The second kappa shape index (κ2) is 18.2. The predicted molar refractivity (Wildman–Crippen MR) is 231 cm³/mol. The number of alkyl halides is 2. The standard InChI is InChI=1S/C45H53F2N11O7/c46-40(47)39-34(50-42(60)32-20-49-56-16-14-36(51-41(32)56)55-23-30-19-28(55)25-65-30)24-57(53-39)27-10-8-26(9-11-27)21-54-17-18-64-29(22-54)5-2-1-3-15-48-33-7-4-6-31-38(33)45(63)58(44(31)62)35-12-13-37(59)52-43(35)61/h4,6-7,14,16,20,24,26-30,35,40,48H,1-3,5,8-13,15,17-19,21-23,25H2,(H,50,60)(H,52,59,61)/t26-,27-,28-,29-,30-,35?/m1/s1. The summed E-state index contributed by atoms with van der Waals surface area (Å²) in [5.41, 5.74) is 1.14. The zero-order valence-electron chi connectivity index (χ0n) is 36.0. The number of unbranched alkanes of at least 4 members (excludes halogenated alkanes) is 2. The summed E-state index contributed by atoms with van der Waals surface area (Å²) in [6.45, 7) is 5.31. The second-order valence-electron chi connectivity index (χ2n) is 18.2. The number of rotatable bonds is 15. The van der Waals surface area contributed by atoms with Gasteiger partial charge in [-0.05, 0) is 75.5 Å². The number of imide groups is 2. The van der Waals surface area contributed by atoms with Gasteiger partial charge in [0.1, 0.15) is 17.4 Å². The summed E-state index contributed by atoms with van der Waals surface area (Å²) in [7, 11) is 0. The number of hydrogen-bond donors (Lipinski definition) is 3. The van der Waals surface area contributed by atoms with E-state index in [0.717, 1.165) is 94.7 Å².